The molecular formula is C22H21N7O4S. The normalized spacial score (nSPS) is 14.8. The van der Waals surface area contributed by atoms with Crippen LogP contribution in [-0.2, 0) is 21.4 Å². The molecule has 0 atom stereocenters. The van der Waals surface area contributed by atoms with Gasteiger partial charge in [-0.2, -0.15) is 9.40 Å². The van der Waals surface area contributed by atoms with E-state index in [0.717, 1.165) is 15.6 Å². The van der Waals surface area contributed by atoms with Crippen LogP contribution in [0.5, 0.6) is 0 Å². The van der Waals surface area contributed by atoms with Crippen LogP contribution in [0.1, 0.15) is 16.1 Å². The molecule has 1 aromatic carbocycles. The first kappa shape index (κ1) is 21.8. The number of carbonyl (C=O) groups excluding carboxylic acids is 2. The third kappa shape index (κ3) is 4.40. The standard InChI is InChI=1S/C22H21N7O4S/c30-21-15-29(10-8-23-21)34(32,33)19-6-4-16(5-7-19)22(31)26-17-11-24-28(13-17)14-18-12-27-9-2-1-3-20(27)25-18/h1-7,9,11-13H,8,10,14-15H2,(H,23,30)(H,26,31). The fourth-order valence-corrected chi connectivity index (χ4v) is 5.09. The van der Waals surface area contributed by atoms with Gasteiger partial charge in [0.15, 0.2) is 0 Å². The Balaban J connectivity index is 1.24. The summed E-state index contributed by atoms with van der Waals surface area (Å²) in [6.07, 6.45) is 7.07. The molecule has 0 unspecified atom stereocenters. The molecule has 2 N–H and O–H groups in total. The van der Waals surface area contributed by atoms with Crippen LogP contribution in [0.25, 0.3) is 5.65 Å². The van der Waals surface area contributed by atoms with Gasteiger partial charge in [0.2, 0.25) is 15.9 Å². The fourth-order valence-electron chi connectivity index (χ4n) is 3.69. The summed E-state index contributed by atoms with van der Waals surface area (Å²) in [6, 6.07) is 11.4. The average molecular weight is 480 g/mol. The van der Waals surface area contributed by atoms with Crippen molar-refractivity contribution in [1.29, 1.82) is 0 Å². The van der Waals surface area contributed by atoms with Crippen LogP contribution in [-0.4, -0.2) is 63.3 Å². The van der Waals surface area contributed by atoms with Gasteiger partial charge in [-0.3, -0.25) is 14.3 Å². The van der Waals surface area contributed by atoms with Crippen LogP contribution in [0.15, 0.2) is 72.1 Å². The van der Waals surface area contributed by atoms with E-state index >= 15 is 0 Å². The molecule has 3 aromatic heterocycles. The van der Waals surface area contributed by atoms with Gasteiger partial charge in [-0.05, 0) is 36.4 Å². The van der Waals surface area contributed by atoms with Gasteiger partial charge < -0.3 is 15.0 Å². The number of pyridine rings is 1. The summed E-state index contributed by atoms with van der Waals surface area (Å²) in [5.74, 6) is -0.735. The number of piperazine rings is 1. The predicted octanol–water partition coefficient (Wildman–Crippen LogP) is 0.952. The second-order valence-corrected chi connectivity index (χ2v) is 9.73. The van der Waals surface area contributed by atoms with Crippen molar-refractivity contribution in [3.8, 4) is 0 Å². The lowest BCUT2D eigenvalue weighted by molar-refractivity contribution is -0.122. The second kappa shape index (κ2) is 8.72. The van der Waals surface area contributed by atoms with Crippen LogP contribution >= 0.6 is 0 Å². The lowest BCUT2D eigenvalue weighted by Crippen LogP contribution is -2.49. The molecule has 2 amide bonds. The number of nitrogens with zero attached hydrogens (tertiary/aromatic N) is 5. The highest BCUT2D eigenvalue weighted by Gasteiger charge is 2.29. The summed E-state index contributed by atoms with van der Waals surface area (Å²) in [7, 11) is -3.81. The number of imidazole rings is 1. The minimum absolute atomic E-state index is 0.0269. The van der Waals surface area contributed by atoms with Gasteiger partial charge >= 0.3 is 0 Å². The number of hydrogen-bond acceptors (Lipinski definition) is 6. The van der Waals surface area contributed by atoms with Crippen molar-refractivity contribution in [3.63, 3.8) is 0 Å². The molecule has 4 aromatic rings. The Morgan fingerprint density at radius 1 is 1.12 bits per heavy atom. The molecule has 0 spiro atoms. The first-order valence-electron chi connectivity index (χ1n) is 10.5. The zero-order chi connectivity index (χ0) is 23.7. The maximum Gasteiger partial charge on any atom is 0.255 e. The quantitative estimate of drug-likeness (QED) is 0.423. The molecule has 0 aliphatic carbocycles. The van der Waals surface area contributed by atoms with Crippen LogP contribution < -0.4 is 10.6 Å². The predicted molar refractivity (Wildman–Crippen MR) is 123 cm³/mol. The van der Waals surface area contributed by atoms with Crippen molar-refractivity contribution in [1.82, 2.24) is 28.8 Å². The van der Waals surface area contributed by atoms with E-state index in [4.69, 9.17) is 0 Å². The Labute approximate surface area is 195 Å². The van der Waals surface area contributed by atoms with Gasteiger partial charge in [0.05, 0.1) is 35.6 Å². The summed E-state index contributed by atoms with van der Waals surface area (Å²) < 4.78 is 30.2. The van der Waals surface area contributed by atoms with Crippen LogP contribution in [0, 0.1) is 0 Å². The van der Waals surface area contributed by atoms with Crippen molar-refractivity contribution in [2.24, 2.45) is 0 Å². The van der Waals surface area contributed by atoms with Crippen molar-refractivity contribution in [2.75, 3.05) is 25.0 Å². The number of aromatic nitrogens is 4. The molecule has 34 heavy (non-hydrogen) atoms. The van der Waals surface area contributed by atoms with Crippen molar-refractivity contribution in [2.45, 2.75) is 11.4 Å². The van der Waals surface area contributed by atoms with E-state index < -0.39 is 15.9 Å². The molecule has 0 saturated carbocycles. The SMILES string of the molecule is O=C1CN(S(=O)(=O)c2ccc(C(=O)Nc3cnn(Cc4cn5ccccc5n4)c3)cc2)CCN1. The number of nitrogens with one attached hydrogen (secondary N) is 2. The number of sulfonamides is 1. The largest absolute Gasteiger partial charge is 0.354 e. The molecule has 1 aliphatic rings. The highest BCUT2D eigenvalue weighted by Crippen LogP contribution is 2.18. The first-order valence-corrected chi connectivity index (χ1v) is 12.0. The van der Waals surface area contributed by atoms with Crippen LogP contribution in [0.3, 0.4) is 0 Å². The molecule has 5 rings (SSSR count). The maximum atomic E-state index is 12.7. The minimum atomic E-state index is -3.81. The molecule has 4 heterocycles. The molecular weight excluding hydrogens is 458 g/mol. The van der Waals surface area contributed by atoms with Gasteiger partial charge in [0.1, 0.15) is 5.65 Å². The molecule has 11 nitrogen and oxygen atoms in total. The van der Waals surface area contributed by atoms with Gasteiger partial charge in [0.25, 0.3) is 5.91 Å². The topological polar surface area (TPSA) is 131 Å². The molecule has 0 radical (unpaired) electrons. The number of rotatable bonds is 6. The monoisotopic (exact) mass is 479 g/mol. The first-order chi connectivity index (χ1) is 16.4. The van der Waals surface area contributed by atoms with E-state index in [1.165, 1.54) is 30.5 Å². The van der Waals surface area contributed by atoms with Crippen molar-refractivity contribution < 1.29 is 18.0 Å². The van der Waals surface area contributed by atoms with E-state index in [1.54, 1.807) is 10.9 Å². The van der Waals surface area contributed by atoms with Gasteiger partial charge in [0, 0.05) is 37.2 Å². The summed E-state index contributed by atoms with van der Waals surface area (Å²) >= 11 is 0. The van der Waals surface area contributed by atoms with Crippen LogP contribution in [0.2, 0.25) is 0 Å². The lowest BCUT2D eigenvalue weighted by atomic mass is 10.2. The van der Waals surface area contributed by atoms with E-state index in [9.17, 15) is 18.0 Å². The number of carbonyl (C=O) groups is 2. The fraction of sp³-hybridized carbons (Fsp3) is 0.182. The van der Waals surface area contributed by atoms with E-state index in [-0.39, 0.29) is 30.4 Å². The number of amides is 2. The zero-order valence-electron chi connectivity index (χ0n) is 18.0. The maximum absolute atomic E-state index is 12.7. The molecule has 1 saturated heterocycles. The van der Waals surface area contributed by atoms with Crippen molar-refractivity contribution in [3.05, 3.63) is 78.5 Å². The van der Waals surface area contributed by atoms with E-state index in [2.05, 4.69) is 20.7 Å². The third-order valence-corrected chi connectivity index (χ3v) is 7.25. The number of hydrogen-bond donors (Lipinski definition) is 2. The number of benzene rings is 1. The molecule has 0 bridgehead atoms. The van der Waals surface area contributed by atoms with E-state index in [1.807, 2.05) is 35.0 Å². The minimum Gasteiger partial charge on any atom is -0.354 e. The lowest BCUT2D eigenvalue weighted by Gasteiger charge is -2.25. The Hall–Kier alpha value is -4.03. The molecule has 174 valence electrons. The Kier molecular flexibility index (Phi) is 5.59. The van der Waals surface area contributed by atoms with E-state index in [0.29, 0.717) is 17.8 Å². The highest BCUT2D eigenvalue weighted by atomic mass is 32.2. The summed E-state index contributed by atoms with van der Waals surface area (Å²) in [6.45, 7) is 0.695. The zero-order valence-corrected chi connectivity index (χ0v) is 18.8. The molecule has 1 fully saturated rings. The third-order valence-electron chi connectivity index (χ3n) is 5.39. The molecule has 1 aliphatic heterocycles. The van der Waals surface area contributed by atoms with Crippen molar-refractivity contribution >= 4 is 33.2 Å². The van der Waals surface area contributed by atoms with Gasteiger partial charge in [-0.25, -0.2) is 13.4 Å². The van der Waals surface area contributed by atoms with Gasteiger partial charge in [-0.1, -0.05) is 6.07 Å². The summed E-state index contributed by atoms with van der Waals surface area (Å²) in [4.78, 5) is 28.7. The number of fused-ring (bicyclic) bond motifs is 1. The smallest absolute Gasteiger partial charge is 0.255 e. The van der Waals surface area contributed by atoms with Crippen LogP contribution in [0.4, 0.5) is 5.69 Å². The Bertz CT molecular complexity index is 1440. The Morgan fingerprint density at radius 3 is 2.71 bits per heavy atom. The highest BCUT2D eigenvalue weighted by molar-refractivity contribution is 7.89. The molecule has 12 heteroatoms. The van der Waals surface area contributed by atoms with Gasteiger partial charge in [-0.15, -0.1) is 0 Å². The second-order valence-electron chi connectivity index (χ2n) is 7.79. The summed E-state index contributed by atoms with van der Waals surface area (Å²) in [5, 5.41) is 9.62. The number of anilines is 1. The Morgan fingerprint density at radius 2 is 1.94 bits per heavy atom. The summed E-state index contributed by atoms with van der Waals surface area (Å²) in [5.41, 5.74) is 2.47. The average Bonchev–Trinajstić information content (AvgIpc) is 3.45.